The van der Waals surface area contributed by atoms with Crippen molar-refractivity contribution in [3.63, 3.8) is 0 Å². The van der Waals surface area contributed by atoms with Gasteiger partial charge in [-0.3, -0.25) is 0 Å². The molecule has 15 heavy (non-hydrogen) atoms. The average molecular weight is 217 g/mol. The molecule has 6 heteroatoms. The van der Waals surface area contributed by atoms with Crippen LogP contribution in [0.1, 0.15) is 13.8 Å². The van der Waals surface area contributed by atoms with Gasteiger partial charge in [-0.25, -0.2) is 0 Å². The lowest BCUT2D eigenvalue weighted by Gasteiger charge is -2.18. The first kappa shape index (κ1) is 10.6. The molecule has 2 saturated heterocycles. The Labute approximate surface area is 87.6 Å². The molecule has 6 nitrogen and oxygen atoms in total. The molecule has 0 saturated carbocycles. The first-order valence-electron chi connectivity index (χ1n) is 5.14. The first-order valence-corrected chi connectivity index (χ1v) is 5.14. The van der Waals surface area contributed by atoms with Gasteiger partial charge in [-0.1, -0.05) is 13.8 Å². The van der Waals surface area contributed by atoms with Crippen LogP contribution in [0.3, 0.4) is 0 Å². The van der Waals surface area contributed by atoms with E-state index in [1.54, 1.807) is 0 Å². The second-order valence-electron chi connectivity index (χ2n) is 4.37. The minimum atomic E-state index is -0.775. The molecule has 2 fully saturated rings. The molecule has 0 aromatic carbocycles. The number of rotatable bonds is 3. The second kappa shape index (κ2) is 3.94. The second-order valence-corrected chi connectivity index (χ2v) is 4.37. The van der Waals surface area contributed by atoms with Gasteiger partial charge in [0.05, 0.1) is 19.3 Å². The predicted molar refractivity (Wildman–Crippen MR) is 49.7 cm³/mol. The van der Waals surface area contributed by atoms with E-state index in [9.17, 15) is 10.1 Å². The van der Waals surface area contributed by atoms with Gasteiger partial charge in [0.1, 0.15) is 6.10 Å². The van der Waals surface area contributed by atoms with Crippen LogP contribution in [0.5, 0.6) is 0 Å². The minimum Gasteiger partial charge on any atom is -0.373 e. The molecule has 86 valence electrons. The third-order valence-electron chi connectivity index (χ3n) is 3.12. The molecule has 0 amide bonds. The fraction of sp³-hybridized carbons (Fsp3) is 1.00. The van der Waals surface area contributed by atoms with Crippen LogP contribution >= 0.6 is 0 Å². The van der Waals surface area contributed by atoms with Gasteiger partial charge in [0, 0.05) is 5.92 Å². The fourth-order valence-electron chi connectivity index (χ4n) is 2.27. The molecule has 2 aliphatic heterocycles. The zero-order valence-electron chi connectivity index (χ0n) is 8.79. The summed E-state index contributed by atoms with van der Waals surface area (Å²) in [6.07, 6.45) is -0.883. The van der Waals surface area contributed by atoms with E-state index < -0.39 is 11.2 Å². The monoisotopic (exact) mass is 217 g/mol. The summed E-state index contributed by atoms with van der Waals surface area (Å²) >= 11 is 0. The Hall–Kier alpha value is -0.880. The number of hydrogen-bond donors (Lipinski definition) is 0. The van der Waals surface area contributed by atoms with Crippen LogP contribution in [0.4, 0.5) is 0 Å². The summed E-state index contributed by atoms with van der Waals surface area (Å²) in [5, 5.41) is 9.46. The van der Waals surface area contributed by atoms with E-state index in [0.717, 1.165) is 0 Å². The maximum Gasteiger partial charge on any atom is 0.294 e. The Morgan fingerprint density at radius 3 is 2.60 bits per heavy atom. The van der Waals surface area contributed by atoms with Gasteiger partial charge < -0.3 is 14.3 Å². The van der Waals surface area contributed by atoms with Gasteiger partial charge in [0.25, 0.3) is 5.09 Å². The average Bonchev–Trinajstić information content (AvgIpc) is 2.66. The fourth-order valence-corrected chi connectivity index (χ4v) is 2.27. The van der Waals surface area contributed by atoms with E-state index in [0.29, 0.717) is 18.4 Å². The molecular weight excluding hydrogens is 202 g/mol. The van der Waals surface area contributed by atoms with Crippen LogP contribution in [0.15, 0.2) is 0 Å². The summed E-state index contributed by atoms with van der Waals surface area (Å²) in [5.41, 5.74) is 0. The SMILES string of the molecule is CC(C)C1COC2C(O[N+](=O)[O-])COC12. The Kier molecular flexibility index (Phi) is 2.79. The van der Waals surface area contributed by atoms with Crippen molar-refractivity contribution in [2.75, 3.05) is 13.2 Å². The standard InChI is InChI=1S/C9H15NO5/c1-5(2)6-3-13-9-7(15-10(11)12)4-14-8(6)9/h5-9H,3-4H2,1-2H3. The minimum absolute atomic E-state index is 0.0463. The van der Waals surface area contributed by atoms with Crippen LogP contribution in [-0.4, -0.2) is 36.6 Å². The van der Waals surface area contributed by atoms with Crippen molar-refractivity contribution >= 4 is 0 Å². The molecule has 2 heterocycles. The van der Waals surface area contributed by atoms with Gasteiger partial charge in [0.2, 0.25) is 0 Å². The van der Waals surface area contributed by atoms with Crippen molar-refractivity contribution in [3.05, 3.63) is 10.1 Å². The predicted octanol–water partition coefficient (Wildman–Crippen LogP) is 0.633. The van der Waals surface area contributed by atoms with Crippen molar-refractivity contribution in [3.8, 4) is 0 Å². The highest BCUT2D eigenvalue weighted by Crippen LogP contribution is 2.36. The number of ether oxygens (including phenoxy) is 2. The third kappa shape index (κ3) is 1.91. The van der Waals surface area contributed by atoms with Crippen molar-refractivity contribution in [2.45, 2.75) is 32.2 Å². The molecule has 0 bridgehead atoms. The van der Waals surface area contributed by atoms with Crippen LogP contribution < -0.4 is 0 Å². The van der Waals surface area contributed by atoms with Crippen LogP contribution in [0.25, 0.3) is 0 Å². The molecular formula is C9H15NO5. The van der Waals surface area contributed by atoms with E-state index in [2.05, 4.69) is 18.7 Å². The highest BCUT2D eigenvalue weighted by Gasteiger charge is 2.49. The Bertz CT molecular complexity index is 257. The number of nitrogens with zero attached hydrogens (tertiary/aromatic N) is 1. The molecule has 4 atom stereocenters. The summed E-state index contributed by atoms with van der Waals surface area (Å²) in [5.74, 6) is 0.768. The van der Waals surface area contributed by atoms with Gasteiger partial charge in [-0.2, -0.15) is 0 Å². The zero-order chi connectivity index (χ0) is 11.0. The molecule has 2 aliphatic rings. The van der Waals surface area contributed by atoms with Crippen molar-refractivity contribution in [1.82, 2.24) is 0 Å². The largest absolute Gasteiger partial charge is 0.373 e. The lowest BCUT2D eigenvalue weighted by Crippen LogP contribution is -2.33. The van der Waals surface area contributed by atoms with Gasteiger partial charge in [0.15, 0.2) is 6.10 Å². The van der Waals surface area contributed by atoms with Gasteiger partial charge in [-0.15, -0.1) is 10.1 Å². The quantitative estimate of drug-likeness (QED) is 0.512. The lowest BCUT2D eigenvalue weighted by molar-refractivity contribution is -0.769. The number of hydrogen-bond acceptors (Lipinski definition) is 5. The smallest absolute Gasteiger partial charge is 0.294 e. The molecule has 0 spiro atoms. The molecule has 0 aromatic rings. The normalized spacial score (nSPS) is 39.4. The van der Waals surface area contributed by atoms with Crippen molar-refractivity contribution in [1.29, 1.82) is 0 Å². The van der Waals surface area contributed by atoms with Gasteiger partial charge in [-0.05, 0) is 5.92 Å². The summed E-state index contributed by atoms with van der Waals surface area (Å²) in [6.45, 7) is 5.05. The van der Waals surface area contributed by atoms with E-state index in [4.69, 9.17) is 9.47 Å². The molecule has 4 unspecified atom stereocenters. The topological polar surface area (TPSA) is 70.8 Å². The third-order valence-corrected chi connectivity index (χ3v) is 3.12. The molecule has 0 aromatic heterocycles. The molecule has 0 aliphatic carbocycles. The van der Waals surface area contributed by atoms with Crippen molar-refractivity contribution < 1.29 is 19.4 Å². The Morgan fingerprint density at radius 2 is 2.00 bits per heavy atom. The summed E-state index contributed by atoms with van der Waals surface area (Å²) < 4.78 is 11.0. The van der Waals surface area contributed by atoms with E-state index >= 15 is 0 Å². The summed E-state index contributed by atoms with van der Waals surface area (Å²) in [7, 11) is 0. The van der Waals surface area contributed by atoms with E-state index in [1.807, 2.05) is 0 Å². The van der Waals surface area contributed by atoms with E-state index in [1.165, 1.54) is 0 Å². The van der Waals surface area contributed by atoms with Crippen molar-refractivity contribution in [2.24, 2.45) is 11.8 Å². The Morgan fingerprint density at radius 1 is 1.33 bits per heavy atom. The highest BCUT2D eigenvalue weighted by atomic mass is 17.0. The lowest BCUT2D eigenvalue weighted by atomic mass is 9.90. The maximum absolute atomic E-state index is 10.2. The Balaban J connectivity index is 1.99. The summed E-state index contributed by atoms with van der Waals surface area (Å²) in [4.78, 5) is 14.8. The summed E-state index contributed by atoms with van der Waals surface area (Å²) in [6, 6.07) is 0. The maximum atomic E-state index is 10.2. The van der Waals surface area contributed by atoms with Gasteiger partial charge >= 0.3 is 0 Å². The molecule has 0 radical (unpaired) electrons. The van der Waals surface area contributed by atoms with E-state index in [-0.39, 0.29) is 18.8 Å². The zero-order valence-corrected chi connectivity index (χ0v) is 8.79. The molecule has 0 N–H and O–H groups in total. The van der Waals surface area contributed by atoms with Crippen LogP contribution in [0, 0.1) is 22.0 Å². The first-order chi connectivity index (χ1) is 7.09. The van der Waals surface area contributed by atoms with Crippen LogP contribution in [0.2, 0.25) is 0 Å². The molecule has 2 rings (SSSR count). The van der Waals surface area contributed by atoms with Crippen LogP contribution in [-0.2, 0) is 14.3 Å². The number of fused-ring (bicyclic) bond motifs is 1. The highest BCUT2D eigenvalue weighted by molar-refractivity contribution is 4.95.